The van der Waals surface area contributed by atoms with E-state index in [4.69, 9.17) is 16.3 Å². The smallest absolute Gasteiger partial charge is 0.337 e. The van der Waals surface area contributed by atoms with Crippen LogP contribution in [0.4, 0.5) is 10.5 Å². The summed E-state index contributed by atoms with van der Waals surface area (Å²) in [7, 11) is 2.90. The van der Waals surface area contributed by atoms with E-state index in [1.54, 1.807) is 7.11 Å². The van der Waals surface area contributed by atoms with Crippen LogP contribution in [0.1, 0.15) is 15.9 Å². The third kappa shape index (κ3) is 5.39. The van der Waals surface area contributed by atoms with Crippen LogP contribution in [-0.4, -0.2) is 32.8 Å². The number of carbonyl (C=O) groups excluding carboxylic acids is 2. The van der Waals surface area contributed by atoms with Gasteiger partial charge in [0.2, 0.25) is 0 Å². The van der Waals surface area contributed by atoms with Gasteiger partial charge in [-0.1, -0.05) is 23.7 Å². The van der Waals surface area contributed by atoms with Crippen molar-refractivity contribution in [3.8, 4) is 5.75 Å². The van der Waals surface area contributed by atoms with Gasteiger partial charge in [0.15, 0.2) is 0 Å². The Hall–Kier alpha value is -2.73. The molecule has 0 fully saturated rings. The number of carbonyl (C=O) groups is 2. The molecule has 0 aliphatic rings. The van der Waals surface area contributed by atoms with Gasteiger partial charge in [0.25, 0.3) is 0 Å². The summed E-state index contributed by atoms with van der Waals surface area (Å²) in [5, 5.41) is 5.70. The van der Waals surface area contributed by atoms with E-state index in [1.807, 2.05) is 24.3 Å². The first kappa shape index (κ1) is 18.6. The van der Waals surface area contributed by atoms with Crippen molar-refractivity contribution < 1.29 is 19.1 Å². The number of rotatable bonds is 6. The van der Waals surface area contributed by atoms with Crippen LogP contribution in [0.5, 0.6) is 5.75 Å². The van der Waals surface area contributed by atoms with Crippen LogP contribution >= 0.6 is 11.6 Å². The highest BCUT2D eigenvalue weighted by Gasteiger charge is 2.11. The highest BCUT2D eigenvalue weighted by atomic mass is 35.5. The molecule has 2 N–H and O–H groups in total. The zero-order chi connectivity index (χ0) is 18.2. The molecule has 0 saturated carbocycles. The summed E-state index contributed by atoms with van der Waals surface area (Å²) in [6.45, 7) is 0.451. The Balaban J connectivity index is 1.88. The van der Waals surface area contributed by atoms with Crippen molar-refractivity contribution in [3.05, 3.63) is 58.6 Å². The van der Waals surface area contributed by atoms with E-state index in [-0.39, 0.29) is 0 Å². The normalized spacial score (nSPS) is 10.0. The number of nitrogens with one attached hydrogen (secondary N) is 2. The topological polar surface area (TPSA) is 76.7 Å². The molecule has 2 amide bonds. The molecule has 0 aliphatic carbocycles. The van der Waals surface area contributed by atoms with Crippen LogP contribution in [0.2, 0.25) is 5.02 Å². The lowest BCUT2D eigenvalue weighted by Crippen LogP contribution is -2.30. The van der Waals surface area contributed by atoms with Crippen LogP contribution in [0.15, 0.2) is 42.5 Å². The van der Waals surface area contributed by atoms with Crippen molar-refractivity contribution in [2.75, 3.05) is 26.1 Å². The molecule has 0 spiro atoms. The fraction of sp³-hybridized carbons (Fsp3) is 0.222. The Bertz CT molecular complexity index is 747. The quantitative estimate of drug-likeness (QED) is 0.771. The van der Waals surface area contributed by atoms with Gasteiger partial charge in [0, 0.05) is 6.54 Å². The van der Waals surface area contributed by atoms with Crippen LogP contribution in [0.25, 0.3) is 0 Å². The van der Waals surface area contributed by atoms with Gasteiger partial charge in [0.05, 0.1) is 30.5 Å². The summed E-state index contributed by atoms with van der Waals surface area (Å²) in [5.74, 6) is 0.286. The summed E-state index contributed by atoms with van der Waals surface area (Å²) in [6, 6.07) is 11.7. The number of esters is 1. The minimum atomic E-state index is -0.500. The highest BCUT2D eigenvalue weighted by Crippen LogP contribution is 2.23. The number of benzene rings is 2. The first-order valence-electron chi connectivity index (χ1n) is 7.59. The van der Waals surface area contributed by atoms with Gasteiger partial charge in [-0.3, -0.25) is 0 Å². The number of methoxy groups -OCH3 is 2. The van der Waals surface area contributed by atoms with Crippen LogP contribution < -0.4 is 15.4 Å². The number of ether oxygens (including phenoxy) is 2. The molecular formula is C18H19ClN2O4. The molecular weight excluding hydrogens is 344 g/mol. The van der Waals surface area contributed by atoms with Crippen molar-refractivity contribution in [1.82, 2.24) is 5.32 Å². The number of anilines is 1. The van der Waals surface area contributed by atoms with Crippen LogP contribution in [0.3, 0.4) is 0 Å². The molecule has 7 heteroatoms. The summed E-state index contributed by atoms with van der Waals surface area (Å²) in [6.07, 6.45) is 0.674. The molecule has 0 radical (unpaired) electrons. The first-order chi connectivity index (χ1) is 12.0. The fourth-order valence-electron chi connectivity index (χ4n) is 2.14. The standard InChI is InChI=1S/C18H19ClN2O4/c1-24-14-6-3-12(4-7-14)9-10-20-18(23)21-16-11-13(17(22)25-2)5-8-15(16)19/h3-8,11H,9-10H2,1-2H3,(H2,20,21,23). The average Bonchev–Trinajstić information content (AvgIpc) is 2.63. The van der Waals surface area contributed by atoms with Crippen molar-refractivity contribution in [2.24, 2.45) is 0 Å². The third-order valence-corrected chi connectivity index (χ3v) is 3.82. The van der Waals surface area contributed by atoms with E-state index in [1.165, 1.54) is 25.3 Å². The summed E-state index contributed by atoms with van der Waals surface area (Å²) in [4.78, 5) is 23.5. The maximum Gasteiger partial charge on any atom is 0.337 e. The van der Waals surface area contributed by atoms with Gasteiger partial charge < -0.3 is 20.1 Å². The molecule has 0 bridgehead atoms. The lowest BCUT2D eigenvalue weighted by Gasteiger charge is -2.10. The molecule has 0 aromatic heterocycles. The minimum Gasteiger partial charge on any atom is -0.497 e. The Morgan fingerprint density at radius 2 is 1.80 bits per heavy atom. The molecule has 0 aliphatic heterocycles. The molecule has 0 unspecified atom stereocenters. The van der Waals surface area contributed by atoms with E-state index >= 15 is 0 Å². The van der Waals surface area contributed by atoms with Crippen molar-refractivity contribution in [3.63, 3.8) is 0 Å². The largest absolute Gasteiger partial charge is 0.497 e. The molecule has 132 valence electrons. The van der Waals surface area contributed by atoms with Crippen LogP contribution in [-0.2, 0) is 11.2 Å². The van der Waals surface area contributed by atoms with E-state index in [9.17, 15) is 9.59 Å². The summed E-state index contributed by atoms with van der Waals surface area (Å²) >= 11 is 6.04. The average molecular weight is 363 g/mol. The molecule has 0 atom stereocenters. The molecule has 2 aromatic rings. The van der Waals surface area contributed by atoms with E-state index in [2.05, 4.69) is 15.4 Å². The fourth-order valence-corrected chi connectivity index (χ4v) is 2.31. The summed E-state index contributed by atoms with van der Waals surface area (Å²) < 4.78 is 9.75. The zero-order valence-corrected chi connectivity index (χ0v) is 14.7. The predicted molar refractivity (Wildman–Crippen MR) is 96.5 cm³/mol. The molecule has 0 heterocycles. The van der Waals surface area contributed by atoms with Crippen molar-refractivity contribution in [1.29, 1.82) is 0 Å². The molecule has 2 aromatic carbocycles. The second kappa shape index (κ2) is 8.94. The van der Waals surface area contributed by atoms with E-state index in [0.717, 1.165) is 11.3 Å². The monoisotopic (exact) mass is 362 g/mol. The molecule has 2 rings (SSSR count). The minimum absolute atomic E-state index is 0.306. The first-order valence-corrected chi connectivity index (χ1v) is 7.97. The Kier molecular flexibility index (Phi) is 6.65. The Morgan fingerprint density at radius 1 is 1.08 bits per heavy atom. The number of amides is 2. The van der Waals surface area contributed by atoms with Crippen LogP contribution in [0, 0.1) is 0 Å². The zero-order valence-electron chi connectivity index (χ0n) is 14.0. The second-order valence-corrected chi connectivity index (χ2v) is 5.57. The molecule has 6 nitrogen and oxygen atoms in total. The van der Waals surface area contributed by atoms with Gasteiger partial charge in [0.1, 0.15) is 5.75 Å². The number of urea groups is 1. The Morgan fingerprint density at radius 3 is 2.44 bits per heavy atom. The maximum absolute atomic E-state index is 12.0. The maximum atomic E-state index is 12.0. The lowest BCUT2D eigenvalue weighted by molar-refractivity contribution is 0.0600. The number of halogens is 1. The van der Waals surface area contributed by atoms with Gasteiger partial charge in [-0.05, 0) is 42.3 Å². The van der Waals surface area contributed by atoms with Crippen molar-refractivity contribution in [2.45, 2.75) is 6.42 Å². The lowest BCUT2D eigenvalue weighted by atomic mass is 10.1. The van der Waals surface area contributed by atoms with Gasteiger partial charge >= 0.3 is 12.0 Å². The van der Waals surface area contributed by atoms with Crippen molar-refractivity contribution >= 4 is 29.3 Å². The predicted octanol–water partition coefficient (Wildman–Crippen LogP) is 3.50. The summed E-state index contributed by atoms with van der Waals surface area (Å²) in [5.41, 5.74) is 1.72. The van der Waals surface area contributed by atoms with Gasteiger partial charge in [-0.2, -0.15) is 0 Å². The third-order valence-electron chi connectivity index (χ3n) is 3.49. The Labute approximate surface area is 151 Å². The highest BCUT2D eigenvalue weighted by molar-refractivity contribution is 6.33. The number of hydrogen-bond donors (Lipinski definition) is 2. The van der Waals surface area contributed by atoms with E-state index < -0.39 is 12.0 Å². The SMILES string of the molecule is COC(=O)c1ccc(Cl)c(NC(=O)NCCc2ccc(OC)cc2)c1. The second-order valence-electron chi connectivity index (χ2n) is 5.17. The van der Waals surface area contributed by atoms with Gasteiger partial charge in [-0.25, -0.2) is 9.59 Å². The van der Waals surface area contributed by atoms with E-state index in [0.29, 0.717) is 29.2 Å². The number of hydrogen-bond acceptors (Lipinski definition) is 4. The molecule has 25 heavy (non-hydrogen) atoms. The molecule has 0 saturated heterocycles. The van der Waals surface area contributed by atoms with Gasteiger partial charge in [-0.15, -0.1) is 0 Å².